The molecule has 0 aliphatic heterocycles. The third kappa shape index (κ3) is 8.17. The molecule has 0 saturated carbocycles. The summed E-state index contributed by atoms with van der Waals surface area (Å²) in [7, 11) is -4.08. The molecule has 0 fully saturated rings. The molecule has 1 N–H and O–H groups in total. The second-order valence-corrected chi connectivity index (χ2v) is 12.8. The van der Waals surface area contributed by atoms with Gasteiger partial charge in [0, 0.05) is 17.6 Å². The van der Waals surface area contributed by atoms with E-state index in [1.165, 1.54) is 17.0 Å². The molecule has 0 saturated heterocycles. The summed E-state index contributed by atoms with van der Waals surface area (Å²) >= 11 is 3.47. The Morgan fingerprint density at radius 2 is 1.60 bits per heavy atom. The first-order valence-corrected chi connectivity index (χ1v) is 15.8. The molecule has 7 nitrogen and oxygen atoms in total. The van der Waals surface area contributed by atoms with E-state index in [1.807, 2.05) is 43.3 Å². The van der Waals surface area contributed by atoms with E-state index < -0.39 is 28.5 Å². The van der Waals surface area contributed by atoms with E-state index in [4.69, 9.17) is 0 Å². The number of anilines is 1. The van der Waals surface area contributed by atoms with Crippen molar-refractivity contribution in [3.05, 3.63) is 94.5 Å². The predicted octanol–water partition coefficient (Wildman–Crippen LogP) is 6.10. The van der Waals surface area contributed by atoms with Gasteiger partial charge in [0.25, 0.3) is 10.0 Å². The second-order valence-electron chi connectivity index (χ2n) is 10.0. The summed E-state index contributed by atoms with van der Waals surface area (Å²) in [4.78, 5) is 28.6. The third-order valence-electron chi connectivity index (χ3n) is 6.70. The molecule has 3 aromatic carbocycles. The lowest BCUT2D eigenvalue weighted by Gasteiger charge is -2.32. The molecule has 0 aromatic heterocycles. The van der Waals surface area contributed by atoms with Crippen molar-refractivity contribution >= 4 is 43.5 Å². The van der Waals surface area contributed by atoms with Crippen molar-refractivity contribution in [3.8, 4) is 0 Å². The van der Waals surface area contributed by atoms with Crippen molar-refractivity contribution in [2.75, 3.05) is 17.4 Å². The normalized spacial score (nSPS) is 12.2. The van der Waals surface area contributed by atoms with Gasteiger partial charge in [-0.3, -0.25) is 13.9 Å². The lowest BCUT2D eigenvalue weighted by atomic mass is 10.0. The van der Waals surface area contributed by atoms with Gasteiger partial charge in [0.15, 0.2) is 0 Å². The number of amides is 2. The van der Waals surface area contributed by atoms with Crippen LogP contribution >= 0.6 is 15.9 Å². The van der Waals surface area contributed by atoms with Crippen LogP contribution in [-0.4, -0.2) is 44.3 Å². The minimum atomic E-state index is -4.08. The Hall–Kier alpha value is -3.17. The van der Waals surface area contributed by atoms with Crippen LogP contribution in [0.1, 0.15) is 57.6 Å². The Morgan fingerprint density at radius 3 is 2.20 bits per heavy atom. The number of sulfonamides is 1. The van der Waals surface area contributed by atoms with Crippen LogP contribution in [0, 0.1) is 0 Å². The molecule has 1 atom stereocenters. The average Bonchev–Trinajstić information content (AvgIpc) is 2.94. The van der Waals surface area contributed by atoms with Crippen LogP contribution in [0.15, 0.2) is 88.2 Å². The van der Waals surface area contributed by atoms with E-state index >= 15 is 0 Å². The molecule has 0 spiro atoms. The number of nitrogens with one attached hydrogen (secondary N) is 1. The lowest BCUT2D eigenvalue weighted by molar-refractivity contribution is -0.139. The summed E-state index contributed by atoms with van der Waals surface area (Å²) in [6, 6.07) is 21.9. The number of unbranched alkanes of at least 4 members (excludes halogenated alkanes) is 1. The standard InChI is InChI=1S/C31H38BrN3O4S/c1-5-6-19-33-31(37)24(4)34(21-25-11-10-12-27(32)20-25)30(36)22-35(28-17-15-26(16-18-28)23(2)3)40(38,39)29-13-8-7-9-14-29/h7-18,20,23-24H,5-6,19,21-22H2,1-4H3,(H,33,37)/t24-/m1/s1. The zero-order valence-corrected chi connectivity index (χ0v) is 25.9. The van der Waals surface area contributed by atoms with Crippen LogP contribution in [0.25, 0.3) is 0 Å². The van der Waals surface area contributed by atoms with Gasteiger partial charge in [-0.1, -0.05) is 85.6 Å². The number of nitrogens with zero attached hydrogens (tertiary/aromatic N) is 2. The SMILES string of the molecule is CCCCNC(=O)[C@@H](C)N(Cc1cccc(Br)c1)C(=O)CN(c1ccc(C(C)C)cc1)S(=O)(=O)c1ccccc1. The Balaban J connectivity index is 2.00. The number of carbonyl (C=O) groups excluding carboxylic acids is 2. The van der Waals surface area contributed by atoms with Gasteiger partial charge in [0.05, 0.1) is 10.6 Å². The quantitative estimate of drug-likeness (QED) is 0.232. The van der Waals surface area contributed by atoms with E-state index in [1.54, 1.807) is 37.3 Å². The molecule has 0 radical (unpaired) electrons. The molecule has 0 bridgehead atoms. The van der Waals surface area contributed by atoms with E-state index in [9.17, 15) is 18.0 Å². The maximum absolute atomic E-state index is 14.0. The summed E-state index contributed by atoms with van der Waals surface area (Å²) in [5.41, 5.74) is 2.25. The minimum absolute atomic E-state index is 0.0830. The van der Waals surface area contributed by atoms with Gasteiger partial charge >= 0.3 is 0 Å². The highest BCUT2D eigenvalue weighted by atomic mass is 79.9. The summed E-state index contributed by atoms with van der Waals surface area (Å²) in [6.07, 6.45) is 1.75. The van der Waals surface area contributed by atoms with Crippen LogP contribution in [-0.2, 0) is 26.2 Å². The molecule has 0 unspecified atom stereocenters. The maximum Gasteiger partial charge on any atom is 0.264 e. The molecule has 40 heavy (non-hydrogen) atoms. The van der Waals surface area contributed by atoms with Crippen LogP contribution in [0.4, 0.5) is 5.69 Å². The first-order chi connectivity index (χ1) is 19.0. The highest BCUT2D eigenvalue weighted by Crippen LogP contribution is 2.26. The molecule has 214 valence electrons. The van der Waals surface area contributed by atoms with E-state index in [0.29, 0.717) is 12.2 Å². The van der Waals surface area contributed by atoms with Crippen molar-refractivity contribution in [1.82, 2.24) is 10.2 Å². The van der Waals surface area contributed by atoms with Gasteiger partial charge in [-0.05, 0) is 66.8 Å². The molecular formula is C31H38BrN3O4S. The van der Waals surface area contributed by atoms with Crippen molar-refractivity contribution in [1.29, 1.82) is 0 Å². The van der Waals surface area contributed by atoms with Crippen LogP contribution < -0.4 is 9.62 Å². The van der Waals surface area contributed by atoms with Gasteiger partial charge in [-0.2, -0.15) is 0 Å². The smallest absolute Gasteiger partial charge is 0.264 e. The van der Waals surface area contributed by atoms with Crippen molar-refractivity contribution in [3.63, 3.8) is 0 Å². The third-order valence-corrected chi connectivity index (χ3v) is 8.98. The van der Waals surface area contributed by atoms with Crippen molar-refractivity contribution < 1.29 is 18.0 Å². The maximum atomic E-state index is 14.0. The van der Waals surface area contributed by atoms with Crippen molar-refractivity contribution in [2.24, 2.45) is 0 Å². The molecule has 2 amide bonds. The number of benzene rings is 3. The van der Waals surface area contributed by atoms with Gasteiger partial charge in [0.1, 0.15) is 12.6 Å². The second kappa shape index (κ2) is 14.5. The fourth-order valence-corrected chi connectivity index (χ4v) is 6.11. The summed E-state index contributed by atoms with van der Waals surface area (Å²) in [5, 5.41) is 2.90. The van der Waals surface area contributed by atoms with E-state index in [2.05, 4.69) is 35.1 Å². The minimum Gasteiger partial charge on any atom is -0.354 e. The Kier molecular flexibility index (Phi) is 11.3. The van der Waals surface area contributed by atoms with Gasteiger partial charge in [-0.25, -0.2) is 8.42 Å². The van der Waals surface area contributed by atoms with Gasteiger partial charge in [-0.15, -0.1) is 0 Å². The number of hydrogen-bond acceptors (Lipinski definition) is 4. The Labute approximate surface area is 246 Å². The molecule has 0 aliphatic rings. The summed E-state index contributed by atoms with van der Waals surface area (Å²) in [5.74, 6) is -0.497. The van der Waals surface area contributed by atoms with Crippen LogP contribution in [0.5, 0.6) is 0 Å². The monoisotopic (exact) mass is 627 g/mol. The first kappa shape index (κ1) is 31.4. The average molecular weight is 629 g/mol. The fraction of sp³-hybridized carbons (Fsp3) is 0.355. The van der Waals surface area contributed by atoms with Gasteiger partial charge < -0.3 is 10.2 Å². The van der Waals surface area contributed by atoms with Crippen molar-refractivity contribution in [2.45, 2.75) is 63.9 Å². The van der Waals surface area contributed by atoms with Gasteiger partial charge in [0.2, 0.25) is 11.8 Å². The zero-order chi connectivity index (χ0) is 29.3. The topological polar surface area (TPSA) is 86.8 Å². The lowest BCUT2D eigenvalue weighted by Crippen LogP contribution is -2.51. The number of halogens is 1. The molecule has 3 aromatic rings. The number of carbonyl (C=O) groups is 2. The largest absolute Gasteiger partial charge is 0.354 e. The fourth-order valence-electron chi connectivity index (χ4n) is 4.22. The number of hydrogen-bond donors (Lipinski definition) is 1. The first-order valence-electron chi connectivity index (χ1n) is 13.5. The highest BCUT2D eigenvalue weighted by molar-refractivity contribution is 9.10. The van der Waals surface area contributed by atoms with Crippen LogP contribution in [0.3, 0.4) is 0 Å². The predicted molar refractivity (Wildman–Crippen MR) is 164 cm³/mol. The molecule has 9 heteroatoms. The Bertz CT molecular complexity index is 1380. The molecular weight excluding hydrogens is 590 g/mol. The molecule has 0 aliphatic carbocycles. The Morgan fingerprint density at radius 1 is 0.925 bits per heavy atom. The zero-order valence-electron chi connectivity index (χ0n) is 23.5. The summed E-state index contributed by atoms with van der Waals surface area (Å²) < 4.78 is 29.7. The van der Waals surface area contributed by atoms with Crippen LogP contribution in [0.2, 0.25) is 0 Å². The number of rotatable bonds is 13. The molecule has 0 heterocycles. The van der Waals surface area contributed by atoms with E-state index in [0.717, 1.165) is 32.7 Å². The summed E-state index contributed by atoms with van der Waals surface area (Å²) in [6.45, 7) is 8.02. The van der Waals surface area contributed by atoms with E-state index in [-0.39, 0.29) is 23.3 Å². The highest BCUT2D eigenvalue weighted by Gasteiger charge is 2.32. The molecule has 3 rings (SSSR count).